The first-order valence-electron chi connectivity index (χ1n) is 16.2. The van der Waals surface area contributed by atoms with Crippen LogP contribution in [0.3, 0.4) is 0 Å². The average Bonchev–Trinajstić information content (AvgIpc) is 2.98. The number of aryl methyl sites for hydroxylation is 2. The number of unbranched alkanes of at least 4 members (excludes halogenated alkanes) is 5. The molecule has 4 N–H and O–H groups in total. The quantitative estimate of drug-likeness (QED) is 0.154. The molecule has 3 aromatic carbocycles. The normalized spacial score (nSPS) is 12.7. The van der Waals surface area contributed by atoms with Crippen LogP contribution in [-0.4, -0.2) is 46.9 Å². The van der Waals surface area contributed by atoms with E-state index in [1.165, 1.54) is 4.90 Å². The molecule has 248 valence electrons. The molecule has 0 aliphatic carbocycles. The highest BCUT2D eigenvalue weighted by Crippen LogP contribution is 2.30. The summed E-state index contributed by atoms with van der Waals surface area (Å²) in [6.07, 6.45) is 4.51. The molecule has 0 fully saturated rings. The number of rotatable bonds is 15. The predicted octanol–water partition coefficient (Wildman–Crippen LogP) is 7.09. The fourth-order valence-corrected chi connectivity index (χ4v) is 5.46. The zero-order valence-corrected chi connectivity index (χ0v) is 28.2. The third-order valence-electron chi connectivity index (χ3n) is 7.74. The molecule has 46 heavy (non-hydrogen) atoms. The van der Waals surface area contributed by atoms with E-state index in [0.717, 1.165) is 54.0 Å². The predicted molar refractivity (Wildman–Crippen MR) is 183 cm³/mol. The number of anilines is 1. The number of benzene rings is 3. The van der Waals surface area contributed by atoms with Crippen LogP contribution in [0.15, 0.2) is 60.7 Å². The first-order chi connectivity index (χ1) is 21.8. The van der Waals surface area contributed by atoms with Crippen molar-refractivity contribution in [1.29, 1.82) is 0 Å². The lowest BCUT2D eigenvalue weighted by atomic mass is 9.95. The number of ether oxygens (including phenoxy) is 1. The minimum Gasteiger partial charge on any atom is -0.444 e. The number of carbonyl (C=O) groups excluding carboxylic acids is 4. The highest BCUT2D eigenvalue weighted by atomic mass is 16.6. The minimum atomic E-state index is -1.33. The maximum Gasteiger partial charge on any atom is 0.408 e. The standard InChI is InChI=1S/C37H50N4O5/c1-7-8-9-10-11-14-21-41(35(44)31(24-32(38)42)40-36(45)46-37(4,5)6)33(30-22-25(2)17-18-26(30)3)34(43)39-29-20-19-27-15-12-13-16-28(27)23-29/h12-13,15-20,22-23,31,33H,7-11,14,21,24H2,1-6H3,(H2,38,42)(H,39,43)(H,40,45). The SMILES string of the molecule is CCCCCCCCN(C(=O)C(CC(N)=O)NC(=O)OC(C)(C)C)C(C(=O)Nc1ccc2ccccc2c1)c1cc(C)ccc1C. The largest absolute Gasteiger partial charge is 0.444 e. The summed E-state index contributed by atoms with van der Waals surface area (Å²) < 4.78 is 5.41. The Kier molecular flexibility index (Phi) is 13.2. The average molecular weight is 631 g/mol. The first kappa shape index (κ1) is 36.1. The Hall–Kier alpha value is -4.40. The fourth-order valence-electron chi connectivity index (χ4n) is 5.46. The summed E-state index contributed by atoms with van der Waals surface area (Å²) in [5.74, 6) is -1.76. The maximum absolute atomic E-state index is 14.5. The third kappa shape index (κ3) is 10.9. The van der Waals surface area contributed by atoms with E-state index in [2.05, 4.69) is 17.6 Å². The van der Waals surface area contributed by atoms with E-state index in [9.17, 15) is 19.2 Å². The van der Waals surface area contributed by atoms with Crippen LogP contribution in [-0.2, 0) is 19.1 Å². The zero-order chi connectivity index (χ0) is 33.9. The highest BCUT2D eigenvalue weighted by Gasteiger charge is 2.37. The number of alkyl carbamates (subject to hydrolysis) is 1. The fraction of sp³-hybridized carbons (Fsp3) is 0.459. The molecule has 9 nitrogen and oxygen atoms in total. The molecule has 2 unspecified atom stereocenters. The maximum atomic E-state index is 14.5. The van der Waals surface area contributed by atoms with Gasteiger partial charge >= 0.3 is 6.09 Å². The van der Waals surface area contributed by atoms with E-state index in [1.54, 1.807) is 20.8 Å². The molecular weight excluding hydrogens is 580 g/mol. The number of hydrogen-bond acceptors (Lipinski definition) is 5. The minimum absolute atomic E-state index is 0.236. The van der Waals surface area contributed by atoms with E-state index < -0.39 is 47.9 Å². The second kappa shape index (κ2) is 16.8. The molecule has 0 saturated carbocycles. The summed E-state index contributed by atoms with van der Waals surface area (Å²) >= 11 is 0. The molecule has 0 bridgehead atoms. The van der Waals surface area contributed by atoms with Crippen molar-refractivity contribution in [3.8, 4) is 0 Å². The molecule has 3 rings (SSSR count). The third-order valence-corrected chi connectivity index (χ3v) is 7.74. The monoisotopic (exact) mass is 630 g/mol. The number of carbonyl (C=O) groups is 4. The van der Waals surface area contributed by atoms with Gasteiger partial charge in [-0.2, -0.15) is 0 Å². The van der Waals surface area contributed by atoms with Crippen LogP contribution < -0.4 is 16.4 Å². The second-order valence-electron chi connectivity index (χ2n) is 13.0. The van der Waals surface area contributed by atoms with E-state index in [1.807, 2.05) is 74.5 Å². The van der Waals surface area contributed by atoms with Gasteiger partial charge in [-0.15, -0.1) is 0 Å². The molecule has 9 heteroatoms. The Morgan fingerprint density at radius 1 is 0.870 bits per heavy atom. The van der Waals surface area contributed by atoms with Crippen molar-refractivity contribution in [2.24, 2.45) is 5.73 Å². The van der Waals surface area contributed by atoms with Gasteiger partial charge in [0.05, 0.1) is 6.42 Å². The van der Waals surface area contributed by atoms with Crippen molar-refractivity contribution in [1.82, 2.24) is 10.2 Å². The summed E-state index contributed by atoms with van der Waals surface area (Å²) in [5.41, 5.74) is 7.74. The van der Waals surface area contributed by atoms with Crippen LogP contribution >= 0.6 is 0 Å². The van der Waals surface area contributed by atoms with Gasteiger partial charge < -0.3 is 26.0 Å². The van der Waals surface area contributed by atoms with Crippen molar-refractivity contribution >= 4 is 40.3 Å². The van der Waals surface area contributed by atoms with Crippen molar-refractivity contribution in [3.63, 3.8) is 0 Å². The second-order valence-corrected chi connectivity index (χ2v) is 13.0. The molecule has 0 heterocycles. The van der Waals surface area contributed by atoms with Gasteiger partial charge in [0, 0.05) is 12.2 Å². The smallest absolute Gasteiger partial charge is 0.408 e. The van der Waals surface area contributed by atoms with Crippen LogP contribution in [0, 0.1) is 13.8 Å². The van der Waals surface area contributed by atoms with E-state index in [0.29, 0.717) is 17.7 Å². The zero-order valence-electron chi connectivity index (χ0n) is 28.2. The van der Waals surface area contributed by atoms with E-state index in [-0.39, 0.29) is 6.54 Å². The summed E-state index contributed by atoms with van der Waals surface area (Å²) in [4.78, 5) is 55.3. The Balaban J connectivity index is 2.06. The van der Waals surface area contributed by atoms with Crippen LogP contribution in [0.5, 0.6) is 0 Å². The van der Waals surface area contributed by atoms with Gasteiger partial charge in [0.2, 0.25) is 11.8 Å². The molecule has 3 aromatic rings. The van der Waals surface area contributed by atoms with Crippen molar-refractivity contribution in [2.45, 2.75) is 104 Å². The molecule has 2 atom stereocenters. The molecule has 0 radical (unpaired) electrons. The van der Waals surface area contributed by atoms with Gasteiger partial charge in [0.25, 0.3) is 5.91 Å². The summed E-state index contributed by atoms with van der Waals surface area (Å²) in [6, 6.07) is 16.9. The van der Waals surface area contributed by atoms with Gasteiger partial charge in [-0.1, -0.05) is 93.1 Å². The molecule has 0 aliphatic heterocycles. The lowest BCUT2D eigenvalue weighted by Gasteiger charge is -2.35. The Bertz CT molecular complexity index is 1510. The number of nitrogens with one attached hydrogen (secondary N) is 2. The van der Waals surface area contributed by atoms with Crippen molar-refractivity contribution in [2.75, 3.05) is 11.9 Å². The van der Waals surface area contributed by atoms with E-state index in [4.69, 9.17) is 10.5 Å². The summed E-state index contributed by atoms with van der Waals surface area (Å²) in [5, 5.41) is 7.61. The van der Waals surface area contributed by atoms with Gasteiger partial charge in [-0.25, -0.2) is 4.79 Å². The van der Waals surface area contributed by atoms with Crippen molar-refractivity contribution < 1.29 is 23.9 Å². The van der Waals surface area contributed by atoms with Gasteiger partial charge in [0.15, 0.2) is 0 Å². The van der Waals surface area contributed by atoms with E-state index >= 15 is 0 Å². The van der Waals surface area contributed by atoms with Crippen LogP contribution in [0.2, 0.25) is 0 Å². The lowest BCUT2D eigenvalue weighted by molar-refractivity contribution is -0.142. The first-order valence-corrected chi connectivity index (χ1v) is 16.2. The van der Waals surface area contributed by atoms with Crippen LogP contribution in [0.25, 0.3) is 10.8 Å². The molecule has 0 saturated heterocycles. The number of primary amides is 1. The molecule has 0 aliphatic rings. The summed E-state index contributed by atoms with van der Waals surface area (Å²) in [7, 11) is 0. The number of fused-ring (bicyclic) bond motifs is 1. The topological polar surface area (TPSA) is 131 Å². The lowest BCUT2D eigenvalue weighted by Crippen LogP contribution is -2.53. The van der Waals surface area contributed by atoms with Gasteiger partial charge in [-0.3, -0.25) is 14.4 Å². The van der Waals surface area contributed by atoms with Gasteiger partial charge in [-0.05, 0) is 75.1 Å². The summed E-state index contributed by atoms with van der Waals surface area (Å²) in [6.45, 7) is 11.3. The molecule has 4 amide bonds. The Morgan fingerprint density at radius 2 is 1.54 bits per heavy atom. The number of nitrogens with zero attached hydrogens (tertiary/aromatic N) is 1. The molecule has 0 aromatic heterocycles. The van der Waals surface area contributed by atoms with Crippen LogP contribution in [0.4, 0.5) is 10.5 Å². The molecule has 0 spiro atoms. The number of amides is 4. The number of hydrogen-bond donors (Lipinski definition) is 3. The Labute approximate surface area is 273 Å². The van der Waals surface area contributed by atoms with Crippen molar-refractivity contribution in [3.05, 3.63) is 77.4 Å². The highest BCUT2D eigenvalue weighted by molar-refractivity contribution is 6.01. The molecular formula is C37H50N4O5. The Morgan fingerprint density at radius 3 is 2.22 bits per heavy atom. The van der Waals surface area contributed by atoms with Crippen LogP contribution in [0.1, 0.15) is 95.4 Å². The van der Waals surface area contributed by atoms with Gasteiger partial charge in [0.1, 0.15) is 17.7 Å². The number of nitrogens with two attached hydrogens (primary N) is 1.